The molecule has 162 valence electrons. The number of sulfonamides is 1. The van der Waals surface area contributed by atoms with Gasteiger partial charge >= 0.3 is 0 Å². The Morgan fingerprint density at radius 1 is 1.21 bits per heavy atom. The molecule has 0 aliphatic carbocycles. The van der Waals surface area contributed by atoms with Crippen molar-refractivity contribution in [2.45, 2.75) is 40.2 Å². The lowest BCUT2D eigenvalue weighted by Gasteiger charge is -2.16. The molecule has 0 saturated carbocycles. The number of nitrogens with one attached hydrogen (secondary N) is 2. The molecular formula is C20H34N6O2S. The zero-order chi connectivity index (χ0) is 21.3. The molecular weight excluding hydrogens is 388 g/mol. The Bertz CT molecular complexity index is 907. The molecule has 0 bridgehead atoms. The molecule has 0 aliphatic rings. The maximum absolute atomic E-state index is 11.8. The molecule has 0 amide bonds. The van der Waals surface area contributed by atoms with Gasteiger partial charge in [0.25, 0.3) is 0 Å². The molecule has 2 N–H and O–H groups in total. The summed E-state index contributed by atoms with van der Waals surface area (Å²) in [7, 11) is -1.49. The molecule has 1 aromatic carbocycles. The summed E-state index contributed by atoms with van der Waals surface area (Å²) in [6.07, 6.45) is 1.63. The Hall–Kier alpha value is -2.13. The van der Waals surface area contributed by atoms with Crippen LogP contribution in [0.15, 0.2) is 29.3 Å². The average molecular weight is 423 g/mol. The summed E-state index contributed by atoms with van der Waals surface area (Å²) in [5, 5.41) is 6.51. The number of fused-ring (bicyclic) bond motifs is 1. The van der Waals surface area contributed by atoms with Crippen molar-refractivity contribution in [3.05, 3.63) is 30.1 Å². The van der Waals surface area contributed by atoms with Gasteiger partial charge in [-0.2, -0.15) is 0 Å². The molecule has 0 saturated heterocycles. The van der Waals surface area contributed by atoms with Crippen molar-refractivity contribution in [3.63, 3.8) is 0 Å². The molecule has 0 unspecified atom stereocenters. The van der Waals surface area contributed by atoms with E-state index in [1.54, 1.807) is 14.0 Å². The first-order chi connectivity index (χ1) is 13.9. The number of nitrogens with zero attached hydrogens (tertiary/aromatic N) is 4. The van der Waals surface area contributed by atoms with Crippen molar-refractivity contribution in [1.82, 2.24) is 24.5 Å². The van der Waals surface area contributed by atoms with Crippen LogP contribution in [-0.4, -0.2) is 67.2 Å². The minimum atomic E-state index is -3.12. The maximum Gasteiger partial charge on any atom is 0.213 e. The molecule has 1 heterocycles. The van der Waals surface area contributed by atoms with Crippen LogP contribution in [0.4, 0.5) is 0 Å². The van der Waals surface area contributed by atoms with Gasteiger partial charge in [0.2, 0.25) is 10.0 Å². The van der Waals surface area contributed by atoms with Gasteiger partial charge in [-0.15, -0.1) is 0 Å². The highest BCUT2D eigenvalue weighted by Gasteiger charge is 2.14. The lowest BCUT2D eigenvalue weighted by Crippen LogP contribution is -2.39. The van der Waals surface area contributed by atoms with E-state index in [0.29, 0.717) is 19.6 Å². The molecule has 0 aliphatic heterocycles. The first-order valence-corrected chi connectivity index (χ1v) is 11.9. The molecule has 9 heteroatoms. The third-order valence-corrected chi connectivity index (χ3v) is 6.64. The lowest BCUT2D eigenvalue weighted by molar-refractivity contribution is 0.461. The second-order valence-corrected chi connectivity index (χ2v) is 9.28. The van der Waals surface area contributed by atoms with Crippen LogP contribution in [-0.2, 0) is 16.6 Å². The molecule has 0 radical (unpaired) electrons. The van der Waals surface area contributed by atoms with Gasteiger partial charge < -0.3 is 15.2 Å². The highest BCUT2D eigenvalue weighted by molar-refractivity contribution is 7.89. The Balaban J connectivity index is 1.80. The summed E-state index contributed by atoms with van der Waals surface area (Å²) in [6, 6.07) is 8.18. The molecule has 8 nitrogen and oxygen atoms in total. The summed E-state index contributed by atoms with van der Waals surface area (Å²) < 4.78 is 27.2. The van der Waals surface area contributed by atoms with Crippen LogP contribution < -0.4 is 10.6 Å². The summed E-state index contributed by atoms with van der Waals surface area (Å²) in [5.74, 6) is 1.92. The predicted octanol–water partition coefficient (Wildman–Crippen LogP) is 1.96. The van der Waals surface area contributed by atoms with Crippen LogP contribution in [0.2, 0.25) is 0 Å². The van der Waals surface area contributed by atoms with Gasteiger partial charge in [-0.05, 0) is 45.7 Å². The SMILES string of the molecule is CCNC(=NCCCn1c(C)nc2ccccc21)NCCCN(C)S(=O)(=O)CC. The molecule has 0 spiro atoms. The van der Waals surface area contributed by atoms with Crippen molar-refractivity contribution in [1.29, 1.82) is 0 Å². The predicted molar refractivity (Wildman–Crippen MR) is 120 cm³/mol. The quantitative estimate of drug-likeness (QED) is 0.328. The van der Waals surface area contributed by atoms with Gasteiger partial charge in [-0.25, -0.2) is 17.7 Å². The van der Waals surface area contributed by atoms with Crippen molar-refractivity contribution in [3.8, 4) is 0 Å². The lowest BCUT2D eigenvalue weighted by atomic mass is 10.3. The number of rotatable bonds is 11. The van der Waals surface area contributed by atoms with E-state index in [1.165, 1.54) is 4.31 Å². The van der Waals surface area contributed by atoms with E-state index in [0.717, 1.165) is 48.7 Å². The highest BCUT2D eigenvalue weighted by atomic mass is 32.2. The Labute approximate surface area is 174 Å². The molecule has 29 heavy (non-hydrogen) atoms. The fourth-order valence-corrected chi connectivity index (χ4v) is 3.96. The third-order valence-electron chi connectivity index (χ3n) is 4.78. The summed E-state index contributed by atoms with van der Waals surface area (Å²) >= 11 is 0. The van der Waals surface area contributed by atoms with E-state index in [4.69, 9.17) is 0 Å². The van der Waals surface area contributed by atoms with Gasteiger partial charge in [0.1, 0.15) is 5.82 Å². The summed E-state index contributed by atoms with van der Waals surface area (Å²) in [6.45, 7) is 9.23. The molecule has 0 fully saturated rings. The van der Waals surface area contributed by atoms with Gasteiger partial charge in [0.15, 0.2) is 5.96 Å². The number of benzene rings is 1. The largest absolute Gasteiger partial charge is 0.357 e. The van der Waals surface area contributed by atoms with Gasteiger partial charge in [0, 0.05) is 39.8 Å². The number of hydrogen-bond acceptors (Lipinski definition) is 4. The number of hydrogen-bond donors (Lipinski definition) is 2. The molecule has 1 aromatic heterocycles. The number of aliphatic imine (C=N–C) groups is 1. The van der Waals surface area contributed by atoms with Crippen molar-refractivity contribution in [2.24, 2.45) is 4.99 Å². The van der Waals surface area contributed by atoms with Crippen LogP contribution in [0, 0.1) is 6.92 Å². The third kappa shape index (κ3) is 6.71. The van der Waals surface area contributed by atoms with E-state index in [2.05, 4.69) is 31.2 Å². The van der Waals surface area contributed by atoms with Crippen molar-refractivity contribution in [2.75, 3.05) is 39.0 Å². The van der Waals surface area contributed by atoms with Crippen molar-refractivity contribution >= 4 is 27.0 Å². The summed E-state index contributed by atoms with van der Waals surface area (Å²) in [4.78, 5) is 9.23. The number of aryl methyl sites for hydroxylation is 2. The zero-order valence-corrected chi connectivity index (χ0v) is 18.8. The standard InChI is InChI=1S/C20H34N6O2S/c1-5-21-20(22-13-9-15-25(4)29(27,28)6-2)23-14-10-16-26-17(3)24-18-11-7-8-12-19(18)26/h7-8,11-12H,5-6,9-10,13-16H2,1-4H3,(H2,21,22,23). The maximum atomic E-state index is 11.8. The van der Waals surface area contributed by atoms with E-state index in [9.17, 15) is 8.42 Å². The first kappa shape index (κ1) is 23.2. The zero-order valence-electron chi connectivity index (χ0n) is 18.0. The molecule has 2 rings (SSSR count). The topological polar surface area (TPSA) is 91.6 Å². The summed E-state index contributed by atoms with van der Waals surface area (Å²) in [5.41, 5.74) is 2.18. The van der Waals surface area contributed by atoms with Gasteiger partial charge in [-0.3, -0.25) is 4.99 Å². The highest BCUT2D eigenvalue weighted by Crippen LogP contribution is 2.15. The van der Waals surface area contributed by atoms with Crippen LogP contribution in [0.1, 0.15) is 32.5 Å². The number of imidazole rings is 1. The minimum absolute atomic E-state index is 0.132. The van der Waals surface area contributed by atoms with E-state index in [-0.39, 0.29) is 5.75 Å². The fourth-order valence-electron chi connectivity index (χ4n) is 3.11. The number of aromatic nitrogens is 2. The Morgan fingerprint density at radius 2 is 1.97 bits per heavy atom. The normalized spacial score (nSPS) is 12.7. The van der Waals surface area contributed by atoms with Crippen LogP contribution in [0.25, 0.3) is 11.0 Å². The Kier molecular flexibility index (Phi) is 8.91. The van der Waals surface area contributed by atoms with E-state index >= 15 is 0 Å². The fraction of sp³-hybridized carbons (Fsp3) is 0.600. The van der Waals surface area contributed by atoms with Crippen LogP contribution >= 0.6 is 0 Å². The minimum Gasteiger partial charge on any atom is -0.357 e. The number of guanidine groups is 1. The second kappa shape index (κ2) is 11.2. The van der Waals surface area contributed by atoms with Gasteiger partial charge in [-0.1, -0.05) is 12.1 Å². The smallest absolute Gasteiger partial charge is 0.213 e. The Morgan fingerprint density at radius 3 is 2.69 bits per heavy atom. The molecule has 0 atom stereocenters. The van der Waals surface area contributed by atoms with Crippen molar-refractivity contribution < 1.29 is 8.42 Å². The van der Waals surface area contributed by atoms with E-state index in [1.807, 2.05) is 32.0 Å². The van der Waals surface area contributed by atoms with Crippen LogP contribution in [0.5, 0.6) is 0 Å². The van der Waals surface area contributed by atoms with E-state index < -0.39 is 10.0 Å². The average Bonchev–Trinajstić information content (AvgIpc) is 3.03. The second-order valence-electron chi connectivity index (χ2n) is 6.92. The monoisotopic (exact) mass is 422 g/mol. The first-order valence-electron chi connectivity index (χ1n) is 10.3. The number of para-hydroxylation sites is 2. The van der Waals surface area contributed by atoms with Crippen LogP contribution in [0.3, 0.4) is 0 Å². The molecule has 2 aromatic rings. The van der Waals surface area contributed by atoms with Gasteiger partial charge in [0.05, 0.1) is 16.8 Å².